The Labute approximate surface area is 161 Å². The van der Waals surface area contributed by atoms with Crippen LogP contribution in [-0.4, -0.2) is 34.3 Å². The Morgan fingerprint density at radius 2 is 1.89 bits per heavy atom. The van der Waals surface area contributed by atoms with Crippen LogP contribution in [0.15, 0.2) is 12.3 Å². The van der Waals surface area contributed by atoms with Crippen LogP contribution in [0.3, 0.4) is 0 Å². The van der Waals surface area contributed by atoms with E-state index in [0.717, 1.165) is 45.5 Å². The molecule has 0 bridgehead atoms. The second kappa shape index (κ2) is 5.69. The third-order valence-electron chi connectivity index (χ3n) is 5.42. The zero-order valence-corrected chi connectivity index (χ0v) is 16.9. The molecular weight excluding hydrogens is 358 g/mol. The summed E-state index contributed by atoms with van der Waals surface area (Å²) in [6.45, 7) is 6.03. The molecule has 1 aliphatic rings. The second-order valence-electron chi connectivity index (χ2n) is 7.33. The standard InChI is InChI=1S/C19H21N7S/c1-9-17-19(25(4)10(2)22-17)23-18(21-9)15-7-14(24-26(15)5)12-6-13(12)16-8-20-11(3)27-16/h7-8,12-13H,6H2,1-5H3/t12-,13-/m1/s1. The highest BCUT2D eigenvalue weighted by Crippen LogP contribution is 2.55. The molecule has 0 aliphatic heterocycles. The van der Waals surface area contributed by atoms with E-state index in [2.05, 4.69) is 23.0 Å². The molecule has 0 unspecified atom stereocenters. The molecule has 5 rings (SSSR count). The quantitative estimate of drug-likeness (QED) is 0.545. The molecule has 1 fully saturated rings. The van der Waals surface area contributed by atoms with Crippen molar-refractivity contribution in [3.8, 4) is 11.5 Å². The van der Waals surface area contributed by atoms with Gasteiger partial charge in [0.05, 0.1) is 16.4 Å². The fourth-order valence-corrected chi connectivity index (χ4v) is 4.65. The van der Waals surface area contributed by atoms with Gasteiger partial charge in [0, 0.05) is 37.0 Å². The smallest absolute Gasteiger partial charge is 0.180 e. The maximum atomic E-state index is 4.78. The third kappa shape index (κ3) is 2.58. The molecule has 0 N–H and O–H groups in total. The number of aromatic nitrogens is 7. The SMILES string of the molecule is Cc1ncc([C@@H]2C[C@H]2c2cc(-c3nc(C)c4nc(C)n(C)c4n3)n(C)n2)s1. The highest BCUT2D eigenvalue weighted by Gasteiger charge is 2.42. The number of rotatable bonds is 3. The van der Waals surface area contributed by atoms with Crippen LogP contribution in [0, 0.1) is 20.8 Å². The van der Waals surface area contributed by atoms with Crippen molar-refractivity contribution in [1.29, 1.82) is 0 Å². The van der Waals surface area contributed by atoms with Gasteiger partial charge in [-0.1, -0.05) is 0 Å². The van der Waals surface area contributed by atoms with Gasteiger partial charge in [-0.15, -0.1) is 11.3 Å². The van der Waals surface area contributed by atoms with E-state index < -0.39 is 0 Å². The maximum absolute atomic E-state index is 4.78. The van der Waals surface area contributed by atoms with E-state index in [-0.39, 0.29) is 0 Å². The van der Waals surface area contributed by atoms with Crippen molar-refractivity contribution in [3.63, 3.8) is 0 Å². The second-order valence-corrected chi connectivity index (χ2v) is 8.60. The van der Waals surface area contributed by atoms with Gasteiger partial charge in [0.25, 0.3) is 0 Å². The van der Waals surface area contributed by atoms with Crippen molar-refractivity contribution in [2.75, 3.05) is 0 Å². The van der Waals surface area contributed by atoms with Crippen molar-refractivity contribution in [2.45, 2.75) is 39.0 Å². The van der Waals surface area contributed by atoms with E-state index >= 15 is 0 Å². The summed E-state index contributed by atoms with van der Waals surface area (Å²) in [5.74, 6) is 2.65. The number of imidazole rings is 1. The van der Waals surface area contributed by atoms with Crippen LogP contribution in [0.4, 0.5) is 0 Å². The van der Waals surface area contributed by atoms with Crippen molar-refractivity contribution in [1.82, 2.24) is 34.3 Å². The summed E-state index contributed by atoms with van der Waals surface area (Å²) in [5, 5.41) is 5.89. The largest absolute Gasteiger partial charge is 0.316 e. The van der Waals surface area contributed by atoms with Gasteiger partial charge in [-0.3, -0.25) is 4.68 Å². The normalized spacial score (nSPS) is 19.1. The number of nitrogens with zero attached hydrogens (tertiary/aromatic N) is 7. The summed E-state index contributed by atoms with van der Waals surface area (Å²) in [6.07, 6.45) is 3.15. The number of fused-ring (bicyclic) bond motifs is 1. The Kier molecular flexibility index (Phi) is 3.49. The van der Waals surface area contributed by atoms with Crippen LogP contribution < -0.4 is 0 Å². The molecule has 0 radical (unpaired) electrons. The zero-order valence-electron chi connectivity index (χ0n) is 16.1. The number of thiazole rings is 1. The van der Waals surface area contributed by atoms with Crippen LogP contribution in [0.1, 0.15) is 45.4 Å². The van der Waals surface area contributed by atoms with Crippen LogP contribution >= 0.6 is 11.3 Å². The number of aryl methyl sites for hydroxylation is 5. The number of hydrogen-bond donors (Lipinski definition) is 0. The van der Waals surface area contributed by atoms with E-state index in [4.69, 9.17) is 15.1 Å². The summed E-state index contributed by atoms with van der Waals surface area (Å²) in [5.41, 5.74) is 4.68. The summed E-state index contributed by atoms with van der Waals surface area (Å²) < 4.78 is 3.90. The third-order valence-corrected chi connectivity index (χ3v) is 6.46. The van der Waals surface area contributed by atoms with E-state index in [9.17, 15) is 0 Å². The first-order chi connectivity index (χ1) is 12.9. The topological polar surface area (TPSA) is 74.3 Å². The molecule has 1 aliphatic carbocycles. The van der Waals surface area contributed by atoms with E-state index in [0.29, 0.717) is 17.7 Å². The monoisotopic (exact) mass is 379 g/mol. The molecule has 7 nitrogen and oxygen atoms in total. The van der Waals surface area contributed by atoms with Crippen molar-refractivity contribution in [2.24, 2.45) is 14.1 Å². The minimum atomic E-state index is 0.466. The van der Waals surface area contributed by atoms with Crippen LogP contribution in [0.5, 0.6) is 0 Å². The fourth-order valence-electron chi connectivity index (χ4n) is 3.69. The van der Waals surface area contributed by atoms with Gasteiger partial charge in [0.1, 0.15) is 17.0 Å². The van der Waals surface area contributed by atoms with Crippen LogP contribution in [-0.2, 0) is 14.1 Å². The van der Waals surface area contributed by atoms with Gasteiger partial charge in [-0.25, -0.2) is 19.9 Å². The summed E-state index contributed by atoms with van der Waals surface area (Å²) in [6, 6.07) is 2.14. The summed E-state index contributed by atoms with van der Waals surface area (Å²) in [7, 11) is 3.95. The molecule has 0 saturated heterocycles. The number of hydrogen-bond acceptors (Lipinski definition) is 6. The minimum Gasteiger partial charge on any atom is -0.316 e. The molecule has 0 aromatic carbocycles. The molecule has 4 aromatic heterocycles. The van der Waals surface area contributed by atoms with Crippen LogP contribution in [0.2, 0.25) is 0 Å². The van der Waals surface area contributed by atoms with Gasteiger partial charge in [-0.2, -0.15) is 5.10 Å². The van der Waals surface area contributed by atoms with E-state index in [1.807, 2.05) is 43.4 Å². The zero-order chi connectivity index (χ0) is 18.9. The predicted octanol–water partition coefficient (Wildman–Crippen LogP) is 3.42. The Morgan fingerprint density at radius 3 is 2.63 bits per heavy atom. The molecule has 4 heterocycles. The average Bonchev–Trinajstić information content (AvgIpc) is 3.01. The highest BCUT2D eigenvalue weighted by atomic mass is 32.1. The van der Waals surface area contributed by atoms with Crippen molar-refractivity contribution < 1.29 is 0 Å². The molecule has 27 heavy (non-hydrogen) atoms. The summed E-state index contributed by atoms with van der Waals surface area (Å²) in [4.78, 5) is 19.8. The van der Waals surface area contributed by atoms with Gasteiger partial charge in [-0.05, 0) is 33.3 Å². The van der Waals surface area contributed by atoms with Gasteiger partial charge < -0.3 is 4.57 Å². The lowest BCUT2D eigenvalue weighted by Gasteiger charge is -2.03. The van der Waals surface area contributed by atoms with Crippen molar-refractivity contribution in [3.05, 3.63) is 39.4 Å². The van der Waals surface area contributed by atoms with E-state index in [1.165, 1.54) is 4.88 Å². The molecule has 8 heteroatoms. The molecule has 138 valence electrons. The fraction of sp³-hybridized carbons (Fsp3) is 0.421. The molecule has 0 amide bonds. The lowest BCUT2D eigenvalue weighted by atomic mass is 10.2. The summed E-state index contributed by atoms with van der Waals surface area (Å²) >= 11 is 1.79. The minimum absolute atomic E-state index is 0.466. The Morgan fingerprint density at radius 1 is 1.07 bits per heavy atom. The lowest BCUT2D eigenvalue weighted by molar-refractivity contribution is 0.743. The first-order valence-corrected chi connectivity index (χ1v) is 9.88. The lowest BCUT2D eigenvalue weighted by Crippen LogP contribution is -2.01. The van der Waals surface area contributed by atoms with E-state index in [1.54, 1.807) is 11.3 Å². The Bertz CT molecular complexity index is 1180. The predicted molar refractivity (Wildman–Crippen MR) is 105 cm³/mol. The molecule has 2 atom stereocenters. The first kappa shape index (κ1) is 16.6. The first-order valence-electron chi connectivity index (χ1n) is 9.06. The molecule has 4 aromatic rings. The van der Waals surface area contributed by atoms with Gasteiger partial charge in [0.15, 0.2) is 11.5 Å². The van der Waals surface area contributed by atoms with Crippen molar-refractivity contribution >= 4 is 22.5 Å². The van der Waals surface area contributed by atoms with Crippen LogP contribution in [0.25, 0.3) is 22.7 Å². The molecule has 1 saturated carbocycles. The Hall–Kier alpha value is -2.61. The maximum Gasteiger partial charge on any atom is 0.180 e. The highest BCUT2D eigenvalue weighted by molar-refractivity contribution is 7.11. The molecular formula is C19H21N7S. The Balaban J connectivity index is 1.52. The average molecular weight is 379 g/mol. The van der Waals surface area contributed by atoms with Gasteiger partial charge in [0.2, 0.25) is 0 Å². The van der Waals surface area contributed by atoms with Gasteiger partial charge >= 0.3 is 0 Å². The molecule has 0 spiro atoms.